The van der Waals surface area contributed by atoms with E-state index in [0.29, 0.717) is 0 Å². The smallest absolute Gasteiger partial charge is 0.291 e. The van der Waals surface area contributed by atoms with Crippen molar-refractivity contribution in [1.29, 1.82) is 0 Å². The molecule has 1 aromatic rings. The second-order valence-corrected chi connectivity index (χ2v) is 4.26. The second-order valence-electron chi connectivity index (χ2n) is 4.26. The van der Waals surface area contributed by atoms with Gasteiger partial charge in [-0.1, -0.05) is 5.17 Å². The van der Waals surface area contributed by atoms with Crippen molar-refractivity contribution in [2.24, 2.45) is 22.2 Å². The van der Waals surface area contributed by atoms with Crippen LogP contribution in [0.1, 0.15) is 18.5 Å². The zero-order valence-corrected chi connectivity index (χ0v) is 10.3. The van der Waals surface area contributed by atoms with Crippen molar-refractivity contribution >= 4 is 11.7 Å². The van der Waals surface area contributed by atoms with Crippen molar-refractivity contribution in [2.75, 3.05) is 0 Å². The van der Waals surface area contributed by atoms with Gasteiger partial charge in [-0.2, -0.15) is 0 Å². The van der Waals surface area contributed by atoms with Gasteiger partial charge in [-0.3, -0.25) is 15.9 Å². The third-order valence-corrected chi connectivity index (χ3v) is 2.98. The zero-order valence-electron chi connectivity index (χ0n) is 10.3. The van der Waals surface area contributed by atoms with Crippen LogP contribution in [0.25, 0.3) is 0 Å². The Bertz CT molecular complexity index is 511. The second kappa shape index (κ2) is 4.88. The Morgan fingerprint density at radius 2 is 2.21 bits per heavy atom. The summed E-state index contributed by atoms with van der Waals surface area (Å²) in [4.78, 5) is 4.26. The fraction of sp³-hybridized carbons (Fsp3) is 0.400. The summed E-state index contributed by atoms with van der Waals surface area (Å²) in [6.45, 7) is 1.76. The molecular weight excluding hydrogens is 252 g/mol. The lowest BCUT2D eigenvalue weighted by atomic mass is 10.1. The van der Waals surface area contributed by atoms with Crippen LogP contribution in [0.5, 0.6) is 0 Å². The first-order valence-corrected chi connectivity index (χ1v) is 5.63. The maximum absolute atomic E-state index is 11.6. The summed E-state index contributed by atoms with van der Waals surface area (Å²) in [5.74, 6) is -0.324. The molecule has 104 valence electrons. The first-order chi connectivity index (χ1) is 8.93. The van der Waals surface area contributed by atoms with E-state index in [4.69, 9.17) is 21.6 Å². The molecule has 9 nitrogen and oxygen atoms in total. The molecule has 1 aromatic heterocycles. The highest BCUT2D eigenvalue weighted by molar-refractivity contribution is 5.96. The molecule has 0 fully saturated rings. The molecule has 0 saturated heterocycles. The van der Waals surface area contributed by atoms with Gasteiger partial charge in [-0.15, -0.1) is 4.85 Å². The van der Waals surface area contributed by atoms with Crippen molar-refractivity contribution in [3.63, 3.8) is 0 Å². The predicted octanol–water partition coefficient (Wildman–Crippen LogP) is -1.12. The number of hydrogen-bond donors (Lipinski definition) is 4. The molecule has 0 bridgehead atoms. The van der Waals surface area contributed by atoms with Gasteiger partial charge >= 0.3 is 0 Å². The number of nitrogens with zero attached hydrogens (tertiary/aromatic N) is 3. The van der Waals surface area contributed by atoms with E-state index in [0.717, 1.165) is 5.56 Å². The molecule has 0 amide bonds. The number of hydrogen-bond acceptors (Lipinski definition) is 7. The molecule has 0 aromatic carbocycles. The van der Waals surface area contributed by atoms with Crippen LogP contribution in [0, 0.1) is 5.21 Å². The lowest BCUT2D eigenvalue weighted by Gasteiger charge is -2.33. The number of amidine groups is 2. The highest BCUT2D eigenvalue weighted by Gasteiger charge is 2.38. The van der Waals surface area contributed by atoms with E-state index in [1.54, 1.807) is 13.0 Å². The monoisotopic (exact) mass is 268 g/mol. The molecular formula is C10H16N6O3. The summed E-state index contributed by atoms with van der Waals surface area (Å²) in [5.41, 5.74) is 17.7. The number of hydroxylamine groups is 1. The maximum atomic E-state index is 11.6. The first kappa shape index (κ1) is 13.3. The zero-order chi connectivity index (χ0) is 14.2. The van der Waals surface area contributed by atoms with E-state index in [-0.39, 0.29) is 27.7 Å². The molecule has 0 aliphatic carbocycles. The van der Waals surface area contributed by atoms with Gasteiger partial charge in [0.15, 0.2) is 5.84 Å². The lowest BCUT2D eigenvalue weighted by molar-refractivity contribution is -0.688. The predicted molar refractivity (Wildman–Crippen MR) is 67.0 cm³/mol. The summed E-state index contributed by atoms with van der Waals surface area (Å²) in [7, 11) is 0. The molecule has 19 heavy (non-hydrogen) atoms. The van der Waals surface area contributed by atoms with Crippen molar-refractivity contribution in [3.05, 3.63) is 29.4 Å². The number of furan rings is 1. The van der Waals surface area contributed by atoms with Crippen LogP contribution < -0.4 is 17.2 Å². The molecule has 1 aliphatic rings. The Labute approximate surface area is 109 Å². The topological polar surface area (TPSA) is 153 Å². The van der Waals surface area contributed by atoms with Crippen LogP contribution in [0.2, 0.25) is 0 Å². The van der Waals surface area contributed by atoms with E-state index < -0.39 is 12.1 Å². The molecule has 0 spiro atoms. The Morgan fingerprint density at radius 1 is 1.53 bits per heavy atom. The van der Waals surface area contributed by atoms with Crippen molar-refractivity contribution < 1.29 is 14.5 Å². The van der Waals surface area contributed by atoms with Crippen LogP contribution in [0.4, 0.5) is 0 Å². The van der Waals surface area contributed by atoms with Crippen LogP contribution >= 0.6 is 0 Å². The number of aliphatic imine (C=N–C) groups is 1. The maximum Gasteiger partial charge on any atom is 0.291 e. The third kappa shape index (κ3) is 2.26. The Hall–Kier alpha value is -2.10. The molecule has 9 heteroatoms. The molecule has 3 atom stereocenters. The standard InChI is InChI=1S/C10H16N6O3/c1-5(6-2-3-19-4-6)14-10-8(12)7(11)9(13)15(17)16(10)18/h2-5,7-8,18H,11-13H2,1H3. The average molecular weight is 268 g/mol. The quantitative estimate of drug-likeness (QED) is 0.391. The molecule has 2 rings (SSSR count). The third-order valence-electron chi connectivity index (χ3n) is 2.98. The van der Waals surface area contributed by atoms with E-state index in [1.807, 2.05) is 0 Å². The van der Waals surface area contributed by atoms with Crippen molar-refractivity contribution in [1.82, 2.24) is 5.17 Å². The first-order valence-electron chi connectivity index (χ1n) is 5.63. The molecule has 0 saturated carbocycles. The van der Waals surface area contributed by atoms with E-state index in [1.165, 1.54) is 12.5 Å². The van der Waals surface area contributed by atoms with Crippen LogP contribution in [-0.2, 0) is 0 Å². The summed E-state index contributed by atoms with van der Waals surface area (Å²) in [6.07, 6.45) is 3.01. The average Bonchev–Trinajstić information content (AvgIpc) is 2.93. The molecule has 2 heterocycles. The van der Waals surface area contributed by atoms with Gasteiger partial charge in [0.25, 0.3) is 5.84 Å². The van der Waals surface area contributed by atoms with E-state index >= 15 is 0 Å². The summed E-state index contributed by atoms with van der Waals surface area (Å²) in [6, 6.07) is -0.407. The minimum absolute atomic E-state index is 0.0506. The molecule has 3 unspecified atom stereocenters. The van der Waals surface area contributed by atoms with Crippen LogP contribution in [-0.4, -0.2) is 39.0 Å². The van der Waals surface area contributed by atoms with Gasteiger partial charge in [-0.05, 0) is 13.0 Å². The number of nitrogens with two attached hydrogens (primary N) is 3. The minimum atomic E-state index is -0.906. The summed E-state index contributed by atoms with van der Waals surface area (Å²) >= 11 is 0. The largest absolute Gasteiger partial charge is 0.691 e. The van der Waals surface area contributed by atoms with E-state index in [9.17, 15) is 10.4 Å². The summed E-state index contributed by atoms with van der Waals surface area (Å²) in [5, 5.41) is 21.5. The lowest BCUT2D eigenvalue weighted by Crippen LogP contribution is -2.66. The van der Waals surface area contributed by atoms with Crippen molar-refractivity contribution in [2.45, 2.75) is 25.0 Å². The fourth-order valence-electron chi connectivity index (χ4n) is 1.73. The van der Waals surface area contributed by atoms with Gasteiger partial charge in [0.1, 0.15) is 6.04 Å². The highest BCUT2D eigenvalue weighted by atomic mass is 16.7. The van der Waals surface area contributed by atoms with Gasteiger partial charge in [0, 0.05) is 5.56 Å². The molecule has 1 aliphatic heterocycles. The SMILES string of the molecule is CC(N=C1C(N)C(N)C(N)=[N+]([O-])N1O)c1ccoc1. The highest BCUT2D eigenvalue weighted by Crippen LogP contribution is 2.19. The molecule has 7 N–H and O–H groups in total. The van der Waals surface area contributed by atoms with Crippen molar-refractivity contribution in [3.8, 4) is 0 Å². The minimum Gasteiger partial charge on any atom is -0.691 e. The van der Waals surface area contributed by atoms with E-state index in [2.05, 4.69) is 4.99 Å². The Balaban J connectivity index is 2.34. The van der Waals surface area contributed by atoms with Crippen LogP contribution in [0.3, 0.4) is 0 Å². The number of rotatable bonds is 2. The normalized spacial score (nSPS) is 28.0. The Kier molecular flexibility index (Phi) is 3.42. The summed E-state index contributed by atoms with van der Waals surface area (Å²) < 4.78 is 4.94. The Morgan fingerprint density at radius 3 is 2.79 bits per heavy atom. The molecule has 0 radical (unpaired) electrons. The fourth-order valence-corrected chi connectivity index (χ4v) is 1.73. The van der Waals surface area contributed by atoms with Gasteiger partial charge in [0.05, 0.1) is 24.6 Å². The van der Waals surface area contributed by atoms with Gasteiger partial charge in [-0.25, -0.2) is 0 Å². The van der Waals surface area contributed by atoms with Gasteiger partial charge < -0.3 is 21.1 Å². The van der Waals surface area contributed by atoms with Gasteiger partial charge in [0.2, 0.25) is 0 Å². The number of hydrazone groups is 1. The van der Waals surface area contributed by atoms with Crippen LogP contribution in [0.15, 0.2) is 28.0 Å². The number of hydrazine groups is 1.